The Hall–Kier alpha value is -0.750. The van der Waals surface area contributed by atoms with Gasteiger partial charge in [0.05, 0.1) is 0 Å². The Morgan fingerprint density at radius 3 is 1.62 bits per heavy atom. The average molecular weight is 209 g/mol. The first-order chi connectivity index (χ1) is 5.66. The van der Waals surface area contributed by atoms with Crippen LogP contribution in [0, 0.1) is 6.92 Å². The van der Waals surface area contributed by atoms with Crippen molar-refractivity contribution in [1.29, 1.82) is 0 Å². The van der Waals surface area contributed by atoms with Gasteiger partial charge >= 0.3 is 17.9 Å². The summed E-state index contributed by atoms with van der Waals surface area (Å²) in [6.45, 7) is 2.40. The quantitative estimate of drug-likeness (QED) is 0.623. The van der Waals surface area contributed by atoms with E-state index >= 15 is 0 Å². The summed E-state index contributed by atoms with van der Waals surface area (Å²) in [5.41, 5.74) is 0. The van der Waals surface area contributed by atoms with Crippen molar-refractivity contribution in [2.75, 3.05) is 0 Å². The molecule has 0 amide bonds. The molecule has 0 aliphatic rings. The van der Waals surface area contributed by atoms with Gasteiger partial charge in [-0.1, -0.05) is 0 Å². The lowest BCUT2D eigenvalue weighted by Gasteiger charge is -2.22. The van der Waals surface area contributed by atoms with E-state index in [1.54, 1.807) is 0 Å². The minimum absolute atomic E-state index is 1.68. The van der Waals surface area contributed by atoms with Crippen molar-refractivity contribution in [1.82, 2.24) is 0 Å². The van der Waals surface area contributed by atoms with Crippen molar-refractivity contribution in [2.24, 2.45) is 0 Å². The summed E-state index contributed by atoms with van der Waals surface area (Å²) in [6, 6.07) is 0. The van der Waals surface area contributed by atoms with Crippen LogP contribution < -0.4 is 0 Å². The molecule has 0 rings (SSSR count). The van der Waals surface area contributed by atoms with Gasteiger partial charge in [-0.3, -0.25) is 0 Å². The summed E-state index contributed by atoms with van der Waals surface area (Å²) in [5.74, 6) is -13.8. The number of allylic oxidation sites excluding steroid dienone is 1. The summed E-state index contributed by atoms with van der Waals surface area (Å²) in [6.07, 6.45) is -5.14. The first-order valence-corrected chi connectivity index (χ1v) is 2.93. The van der Waals surface area contributed by atoms with Crippen LogP contribution >= 0.6 is 0 Å². The molecule has 0 saturated heterocycles. The van der Waals surface area contributed by atoms with Gasteiger partial charge in [-0.15, -0.1) is 0 Å². The van der Waals surface area contributed by atoms with Crippen LogP contribution in [0.2, 0.25) is 0 Å². The van der Waals surface area contributed by atoms with Crippen LogP contribution in [0.1, 0.15) is 6.42 Å². The maximum atomic E-state index is 12.1. The highest BCUT2D eigenvalue weighted by molar-refractivity contribution is 5.10. The zero-order chi connectivity index (χ0) is 10.9. The molecule has 0 N–H and O–H groups in total. The Labute approximate surface area is 69.0 Å². The number of halogens is 7. The maximum absolute atomic E-state index is 12.1. The zero-order valence-corrected chi connectivity index (χ0v) is 6.06. The van der Waals surface area contributed by atoms with Crippen molar-refractivity contribution in [3.63, 3.8) is 0 Å². The van der Waals surface area contributed by atoms with Crippen LogP contribution in [0.3, 0.4) is 0 Å². The number of alkyl halides is 4. The van der Waals surface area contributed by atoms with Crippen LogP contribution in [0.15, 0.2) is 11.9 Å². The molecule has 7 heteroatoms. The molecule has 0 saturated carbocycles. The molecule has 0 aromatic carbocycles. The second kappa shape index (κ2) is 3.55. The van der Waals surface area contributed by atoms with Crippen molar-refractivity contribution < 1.29 is 30.7 Å². The van der Waals surface area contributed by atoms with Crippen molar-refractivity contribution in [3.05, 3.63) is 18.8 Å². The first-order valence-electron chi connectivity index (χ1n) is 2.93. The molecule has 0 atom stereocenters. The monoisotopic (exact) mass is 209 g/mol. The van der Waals surface area contributed by atoms with Crippen molar-refractivity contribution in [2.45, 2.75) is 18.3 Å². The van der Waals surface area contributed by atoms with Gasteiger partial charge in [0.2, 0.25) is 5.83 Å². The molecule has 0 spiro atoms. The SMILES string of the molecule is [CH2]CC(F)(F)C(F)(F)C(F)=C(F)F. The Morgan fingerprint density at radius 1 is 1.00 bits per heavy atom. The molecule has 0 aromatic heterocycles. The molecule has 0 aromatic rings. The normalized spacial score (nSPS) is 12.9. The molecular weight excluding hydrogens is 205 g/mol. The van der Waals surface area contributed by atoms with Gasteiger partial charge in [0, 0.05) is 6.42 Å². The molecule has 0 nitrogen and oxygen atoms in total. The molecular formula is C6H4F7. The summed E-state index contributed by atoms with van der Waals surface area (Å²) < 4.78 is 82.9. The second-order valence-corrected chi connectivity index (χ2v) is 2.10. The van der Waals surface area contributed by atoms with Gasteiger partial charge in [0.15, 0.2) is 0 Å². The largest absolute Gasteiger partial charge is 0.366 e. The summed E-state index contributed by atoms with van der Waals surface area (Å²) in [5, 5.41) is 0. The number of hydrogen-bond acceptors (Lipinski definition) is 0. The van der Waals surface area contributed by atoms with Gasteiger partial charge in [-0.2, -0.15) is 30.7 Å². The van der Waals surface area contributed by atoms with E-state index in [0.29, 0.717) is 0 Å². The van der Waals surface area contributed by atoms with E-state index in [9.17, 15) is 30.7 Å². The Morgan fingerprint density at radius 2 is 1.38 bits per heavy atom. The lowest BCUT2D eigenvalue weighted by atomic mass is 10.1. The average Bonchev–Trinajstić information content (AvgIpc) is 2.02. The van der Waals surface area contributed by atoms with Crippen molar-refractivity contribution >= 4 is 0 Å². The van der Waals surface area contributed by atoms with Gasteiger partial charge in [-0.25, -0.2) is 0 Å². The third-order valence-corrected chi connectivity index (χ3v) is 1.21. The predicted molar refractivity (Wildman–Crippen MR) is 30.2 cm³/mol. The van der Waals surface area contributed by atoms with E-state index in [2.05, 4.69) is 6.92 Å². The van der Waals surface area contributed by atoms with Gasteiger partial charge < -0.3 is 0 Å². The zero-order valence-electron chi connectivity index (χ0n) is 6.06. The number of hydrogen-bond donors (Lipinski definition) is 0. The van der Waals surface area contributed by atoms with Crippen molar-refractivity contribution in [3.8, 4) is 0 Å². The molecule has 1 radical (unpaired) electrons. The molecule has 13 heavy (non-hydrogen) atoms. The third kappa shape index (κ3) is 2.13. The Balaban J connectivity index is 5.09. The van der Waals surface area contributed by atoms with E-state index in [1.165, 1.54) is 0 Å². The second-order valence-electron chi connectivity index (χ2n) is 2.10. The van der Waals surface area contributed by atoms with E-state index in [4.69, 9.17) is 0 Å². The lowest BCUT2D eigenvalue weighted by molar-refractivity contribution is -0.194. The van der Waals surface area contributed by atoms with Gasteiger partial charge in [-0.05, 0) is 6.92 Å². The minimum atomic E-state index is -5.51. The standard InChI is InChI=1S/C6H4F7/c1-2-5(10,11)6(12,13)3(7)4(8)9/h1-2H2. The Bertz CT molecular complexity index is 213. The topological polar surface area (TPSA) is 0 Å². The lowest BCUT2D eigenvalue weighted by Crippen LogP contribution is -2.40. The van der Waals surface area contributed by atoms with E-state index < -0.39 is 30.2 Å². The van der Waals surface area contributed by atoms with Crippen LogP contribution in [0.25, 0.3) is 0 Å². The van der Waals surface area contributed by atoms with Crippen LogP contribution in [0.4, 0.5) is 30.7 Å². The fourth-order valence-corrected chi connectivity index (χ4v) is 0.436. The van der Waals surface area contributed by atoms with Crippen LogP contribution in [-0.4, -0.2) is 11.8 Å². The third-order valence-electron chi connectivity index (χ3n) is 1.21. The smallest absolute Gasteiger partial charge is 0.199 e. The fourth-order valence-electron chi connectivity index (χ4n) is 0.436. The molecule has 0 bridgehead atoms. The highest BCUT2D eigenvalue weighted by Crippen LogP contribution is 2.43. The molecule has 0 unspecified atom stereocenters. The minimum Gasteiger partial charge on any atom is -0.199 e. The predicted octanol–water partition coefficient (Wildman–Crippen LogP) is 3.56. The highest BCUT2D eigenvalue weighted by atomic mass is 19.3. The summed E-state index contributed by atoms with van der Waals surface area (Å²) >= 11 is 0. The summed E-state index contributed by atoms with van der Waals surface area (Å²) in [7, 11) is 0. The first kappa shape index (κ1) is 12.2. The molecule has 0 fully saturated rings. The molecule has 0 aliphatic carbocycles. The summed E-state index contributed by atoms with van der Waals surface area (Å²) in [4.78, 5) is 0. The molecule has 0 heterocycles. The van der Waals surface area contributed by atoms with E-state index in [0.717, 1.165) is 0 Å². The fraction of sp³-hybridized carbons (Fsp3) is 0.500. The Kier molecular flexibility index (Phi) is 3.34. The van der Waals surface area contributed by atoms with Gasteiger partial charge in [0.25, 0.3) is 0 Å². The van der Waals surface area contributed by atoms with Crippen LogP contribution in [0.5, 0.6) is 0 Å². The maximum Gasteiger partial charge on any atom is 0.366 e. The van der Waals surface area contributed by atoms with Gasteiger partial charge in [0.1, 0.15) is 0 Å². The van der Waals surface area contributed by atoms with E-state index in [1.807, 2.05) is 0 Å². The van der Waals surface area contributed by atoms with E-state index in [-0.39, 0.29) is 0 Å². The molecule has 77 valence electrons. The van der Waals surface area contributed by atoms with Crippen LogP contribution in [-0.2, 0) is 0 Å². The molecule has 0 aliphatic heterocycles. The highest BCUT2D eigenvalue weighted by Gasteiger charge is 2.60. The number of rotatable bonds is 3.